The number of hydrogen-bond acceptors (Lipinski definition) is 3. The highest BCUT2D eigenvalue weighted by Gasteiger charge is 2.14. The fourth-order valence-corrected chi connectivity index (χ4v) is 2.27. The second-order valence-electron chi connectivity index (χ2n) is 4.18. The summed E-state index contributed by atoms with van der Waals surface area (Å²) in [5, 5.41) is 0.639. The molecule has 4 heteroatoms. The van der Waals surface area contributed by atoms with Gasteiger partial charge in [-0.05, 0) is 31.5 Å². The van der Waals surface area contributed by atoms with Crippen molar-refractivity contribution in [1.82, 2.24) is 0 Å². The molecule has 92 valence electrons. The van der Waals surface area contributed by atoms with Crippen LogP contribution in [0.25, 0.3) is 0 Å². The lowest BCUT2D eigenvalue weighted by atomic mass is 10.1. The fourth-order valence-electron chi connectivity index (χ4n) is 1.97. The topological polar surface area (TPSA) is 29.5 Å². The van der Waals surface area contributed by atoms with Crippen molar-refractivity contribution in [2.45, 2.75) is 13.3 Å². The highest BCUT2D eigenvalue weighted by Crippen LogP contribution is 2.27. The van der Waals surface area contributed by atoms with Crippen LogP contribution in [0.5, 0.6) is 0 Å². The second kappa shape index (κ2) is 5.52. The molecular weight excluding hydrogens is 238 g/mol. The second-order valence-corrected chi connectivity index (χ2v) is 4.58. The van der Waals surface area contributed by atoms with Crippen LogP contribution in [-0.4, -0.2) is 32.1 Å². The molecule has 1 aromatic rings. The number of benzene rings is 1. The quantitative estimate of drug-likeness (QED) is 0.759. The standard InChI is InChI=1S/C13H16ClNO2/c1-10(16)11-3-4-13(12(14)9-11)15-5-2-7-17-8-6-15/h3-4,9H,2,5-8H2,1H3. The molecule has 0 spiro atoms. The van der Waals surface area contributed by atoms with Crippen LogP contribution in [0.3, 0.4) is 0 Å². The molecule has 0 bridgehead atoms. The maximum Gasteiger partial charge on any atom is 0.159 e. The van der Waals surface area contributed by atoms with Gasteiger partial charge in [0.1, 0.15) is 0 Å². The monoisotopic (exact) mass is 253 g/mol. The van der Waals surface area contributed by atoms with Crippen molar-refractivity contribution < 1.29 is 9.53 Å². The number of carbonyl (C=O) groups is 1. The van der Waals surface area contributed by atoms with Crippen molar-refractivity contribution in [2.24, 2.45) is 0 Å². The van der Waals surface area contributed by atoms with Gasteiger partial charge in [-0.3, -0.25) is 4.79 Å². The summed E-state index contributed by atoms with van der Waals surface area (Å²) in [6, 6.07) is 5.49. The van der Waals surface area contributed by atoms with Crippen LogP contribution in [0.2, 0.25) is 5.02 Å². The number of rotatable bonds is 2. The van der Waals surface area contributed by atoms with Crippen LogP contribution >= 0.6 is 11.6 Å². The minimum Gasteiger partial charge on any atom is -0.380 e. The van der Waals surface area contributed by atoms with Crippen LogP contribution < -0.4 is 4.90 Å². The van der Waals surface area contributed by atoms with Gasteiger partial charge in [-0.15, -0.1) is 0 Å². The van der Waals surface area contributed by atoms with Crippen LogP contribution in [0.4, 0.5) is 5.69 Å². The lowest BCUT2D eigenvalue weighted by Gasteiger charge is -2.23. The smallest absolute Gasteiger partial charge is 0.159 e. The van der Waals surface area contributed by atoms with Crippen molar-refractivity contribution >= 4 is 23.1 Å². The molecule has 3 nitrogen and oxygen atoms in total. The summed E-state index contributed by atoms with van der Waals surface area (Å²) < 4.78 is 5.41. The van der Waals surface area contributed by atoms with E-state index in [1.165, 1.54) is 0 Å². The Hall–Kier alpha value is -1.06. The van der Waals surface area contributed by atoms with Gasteiger partial charge in [-0.25, -0.2) is 0 Å². The van der Waals surface area contributed by atoms with Gasteiger partial charge < -0.3 is 9.64 Å². The van der Waals surface area contributed by atoms with Gasteiger partial charge in [0, 0.05) is 25.3 Å². The first-order valence-corrected chi connectivity index (χ1v) is 6.19. The molecule has 1 aliphatic rings. The Kier molecular flexibility index (Phi) is 4.02. The third kappa shape index (κ3) is 2.99. The molecule has 0 saturated carbocycles. The summed E-state index contributed by atoms with van der Waals surface area (Å²) >= 11 is 6.23. The summed E-state index contributed by atoms with van der Waals surface area (Å²) in [7, 11) is 0. The molecule has 0 aromatic heterocycles. The van der Waals surface area contributed by atoms with Crippen molar-refractivity contribution in [3.63, 3.8) is 0 Å². The van der Waals surface area contributed by atoms with Crippen molar-refractivity contribution in [3.05, 3.63) is 28.8 Å². The minimum absolute atomic E-state index is 0.0395. The Morgan fingerprint density at radius 3 is 2.88 bits per heavy atom. The largest absolute Gasteiger partial charge is 0.380 e. The maximum absolute atomic E-state index is 11.2. The summed E-state index contributed by atoms with van der Waals surface area (Å²) in [5.41, 5.74) is 1.65. The van der Waals surface area contributed by atoms with Crippen molar-refractivity contribution in [2.75, 3.05) is 31.2 Å². The molecule has 0 aliphatic carbocycles. The summed E-state index contributed by atoms with van der Waals surface area (Å²) in [6.07, 6.45) is 1.00. The number of halogens is 1. The molecule has 2 rings (SSSR count). The highest BCUT2D eigenvalue weighted by atomic mass is 35.5. The highest BCUT2D eigenvalue weighted by molar-refractivity contribution is 6.33. The Morgan fingerprint density at radius 1 is 1.35 bits per heavy atom. The van der Waals surface area contributed by atoms with Gasteiger partial charge >= 0.3 is 0 Å². The number of ether oxygens (including phenoxy) is 1. The zero-order valence-corrected chi connectivity index (χ0v) is 10.7. The Balaban J connectivity index is 2.22. The molecule has 0 unspecified atom stereocenters. The third-order valence-electron chi connectivity index (χ3n) is 2.92. The number of Topliss-reactive ketones (excluding diaryl/α,β-unsaturated/α-hetero) is 1. The first-order chi connectivity index (χ1) is 8.18. The molecular formula is C13H16ClNO2. The van der Waals surface area contributed by atoms with Gasteiger partial charge in [0.2, 0.25) is 0 Å². The van der Waals surface area contributed by atoms with Crippen LogP contribution in [-0.2, 0) is 4.74 Å². The number of hydrogen-bond donors (Lipinski definition) is 0. The first kappa shape index (κ1) is 12.4. The predicted octanol–water partition coefficient (Wildman–Crippen LogP) is 2.77. The molecule has 1 saturated heterocycles. The Bertz CT molecular complexity index is 412. The van der Waals surface area contributed by atoms with Crippen LogP contribution in [0.15, 0.2) is 18.2 Å². The number of anilines is 1. The molecule has 1 aliphatic heterocycles. The summed E-state index contributed by atoms with van der Waals surface area (Å²) in [5.74, 6) is 0.0395. The zero-order valence-electron chi connectivity index (χ0n) is 9.91. The molecule has 17 heavy (non-hydrogen) atoms. The number of nitrogens with zero attached hydrogens (tertiary/aromatic N) is 1. The SMILES string of the molecule is CC(=O)c1ccc(N2CCCOCC2)c(Cl)c1. The van der Waals surface area contributed by atoms with Gasteiger partial charge in [0.25, 0.3) is 0 Å². The number of carbonyl (C=O) groups excluding carboxylic acids is 1. The average Bonchev–Trinajstić information content (AvgIpc) is 2.57. The normalized spacial score (nSPS) is 16.7. The van der Waals surface area contributed by atoms with E-state index < -0.39 is 0 Å². The van der Waals surface area contributed by atoms with Crippen LogP contribution in [0, 0.1) is 0 Å². The number of ketones is 1. The van der Waals surface area contributed by atoms with E-state index in [0.717, 1.165) is 38.4 Å². The van der Waals surface area contributed by atoms with E-state index in [9.17, 15) is 4.79 Å². The minimum atomic E-state index is 0.0395. The third-order valence-corrected chi connectivity index (χ3v) is 3.22. The van der Waals surface area contributed by atoms with E-state index in [-0.39, 0.29) is 5.78 Å². The average molecular weight is 254 g/mol. The van der Waals surface area contributed by atoms with E-state index >= 15 is 0 Å². The molecule has 1 fully saturated rings. The van der Waals surface area contributed by atoms with E-state index in [1.807, 2.05) is 12.1 Å². The fraction of sp³-hybridized carbons (Fsp3) is 0.462. The van der Waals surface area contributed by atoms with E-state index in [2.05, 4.69) is 4.90 Å². The van der Waals surface area contributed by atoms with Crippen molar-refractivity contribution in [3.8, 4) is 0 Å². The van der Waals surface area contributed by atoms with Gasteiger partial charge in [-0.2, -0.15) is 0 Å². The summed E-state index contributed by atoms with van der Waals surface area (Å²) in [4.78, 5) is 13.5. The lowest BCUT2D eigenvalue weighted by molar-refractivity contribution is 0.101. The van der Waals surface area contributed by atoms with Crippen molar-refractivity contribution in [1.29, 1.82) is 0 Å². The Labute approximate surface area is 106 Å². The van der Waals surface area contributed by atoms with Gasteiger partial charge in [-0.1, -0.05) is 11.6 Å². The molecule has 1 heterocycles. The van der Waals surface area contributed by atoms with Gasteiger partial charge in [0.05, 0.1) is 17.3 Å². The maximum atomic E-state index is 11.2. The molecule has 0 radical (unpaired) electrons. The zero-order chi connectivity index (χ0) is 12.3. The molecule has 0 atom stereocenters. The first-order valence-electron chi connectivity index (χ1n) is 5.81. The molecule has 1 aromatic carbocycles. The van der Waals surface area contributed by atoms with E-state index in [0.29, 0.717) is 10.6 Å². The predicted molar refractivity (Wildman–Crippen MR) is 69.1 cm³/mol. The van der Waals surface area contributed by atoms with Crippen LogP contribution in [0.1, 0.15) is 23.7 Å². The molecule has 0 N–H and O–H groups in total. The van der Waals surface area contributed by atoms with Gasteiger partial charge in [0.15, 0.2) is 5.78 Å². The van der Waals surface area contributed by atoms with E-state index in [1.54, 1.807) is 13.0 Å². The lowest BCUT2D eigenvalue weighted by Crippen LogP contribution is -2.26. The molecule has 0 amide bonds. The summed E-state index contributed by atoms with van der Waals surface area (Å²) in [6.45, 7) is 4.87. The van der Waals surface area contributed by atoms with E-state index in [4.69, 9.17) is 16.3 Å². The Morgan fingerprint density at radius 2 is 2.18 bits per heavy atom.